The van der Waals surface area contributed by atoms with Crippen molar-refractivity contribution < 1.29 is 14.6 Å². The lowest BCUT2D eigenvalue weighted by Crippen LogP contribution is -2.34. The van der Waals surface area contributed by atoms with Gasteiger partial charge in [0, 0.05) is 19.2 Å². The lowest BCUT2D eigenvalue weighted by Gasteiger charge is -2.20. The summed E-state index contributed by atoms with van der Waals surface area (Å²) in [7, 11) is 3.25. The van der Waals surface area contributed by atoms with E-state index in [4.69, 9.17) is 9.47 Å². The number of aliphatic hydroxyl groups excluding tert-OH is 1. The van der Waals surface area contributed by atoms with Crippen LogP contribution in [0.15, 0.2) is 18.2 Å². The fourth-order valence-corrected chi connectivity index (χ4v) is 2.50. The zero-order valence-electron chi connectivity index (χ0n) is 12.3. The van der Waals surface area contributed by atoms with E-state index < -0.39 is 0 Å². The highest BCUT2D eigenvalue weighted by Crippen LogP contribution is 2.28. The molecule has 1 saturated heterocycles. The molecule has 0 bridgehead atoms. The van der Waals surface area contributed by atoms with Crippen molar-refractivity contribution in [2.45, 2.75) is 18.9 Å². The minimum absolute atomic E-state index is 0.375. The normalized spacial score (nSPS) is 16.9. The van der Waals surface area contributed by atoms with Gasteiger partial charge in [-0.3, -0.25) is 0 Å². The van der Waals surface area contributed by atoms with Gasteiger partial charge in [-0.05, 0) is 38.1 Å². The maximum Gasteiger partial charge on any atom is 0.145 e. The highest BCUT2D eigenvalue weighted by Gasteiger charge is 2.16. The van der Waals surface area contributed by atoms with Crippen molar-refractivity contribution >= 4 is 5.69 Å². The molecule has 1 unspecified atom stereocenters. The maximum atomic E-state index is 10.1. The standard InChI is InChI=1S/C15H24N2O3/c1-19-13-5-6-14(15(9-13)20-2)16-10-12(18)11-17-7-3-4-8-17/h5-6,9,12,16,18H,3-4,7-8,10-11H2,1-2H3. The quantitative estimate of drug-likeness (QED) is 0.794. The Balaban J connectivity index is 1.86. The van der Waals surface area contributed by atoms with Crippen LogP contribution in [0.5, 0.6) is 11.5 Å². The molecule has 112 valence electrons. The van der Waals surface area contributed by atoms with Gasteiger partial charge in [-0.1, -0.05) is 0 Å². The van der Waals surface area contributed by atoms with E-state index in [9.17, 15) is 5.11 Å². The molecular weight excluding hydrogens is 256 g/mol. The van der Waals surface area contributed by atoms with Gasteiger partial charge in [-0.15, -0.1) is 0 Å². The summed E-state index contributed by atoms with van der Waals surface area (Å²) in [4.78, 5) is 2.30. The van der Waals surface area contributed by atoms with E-state index in [1.165, 1.54) is 12.8 Å². The van der Waals surface area contributed by atoms with E-state index in [0.29, 0.717) is 6.54 Å². The first-order valence-corrected chi connectivity index (χ1v) is 7.09. The molecule has 1 heterocycles. The van der Waals surface area contributed by atoms with Gasteiger partial charge < -0.3 is 24.8 Å². The van der Waals surface area contributed by atoms with E-state index in [2.05, 4.69) is 10.2 Å². The molecule has 0 amide bonds. The fraction of sp³-hybridized carbons (Fsp3) is 0.600. The third kappa shape index (κ3) is 4.02. The maximum absolute atomic E-state index is 10.1. The smallest absolute Gasteiger partial charge is 0.145 e. The second-order valence-electron chi connectivity index (χ2n) is 5.11. The van der Waals surface area contributed by atoms with Gasteiger partial charge in [0.2, 0.25) is 0 Å². The van der Waals surface area contributed by atoms with E-state index in [1.54, 1.807) is 14.2 Å². The largest absolute Gasteiger partial charge is 0.497 e. The van der Waals surface area contributed by atoms with Crippen LogP contribution in [-0.4, -0.2) is 56.5 Å². The van der Waals surface area contributed by atoms with E-state index >= 15 is 0 Å². The highest BCUT2D eigenvalue weighted by molar-refractivity contribution is 5.59. The molecule has 1 atom stereocenters. The number of nitrogens with one attached hydrogen (secondary N) is 1. The number of anilines is 1. The molecule has 0 saturated carbocycles. The molecule has 0 radical (unpaired) electrons. The number of benzene rings is 1. The number of aliphatic hydroxyl groups is 1. The number of likely N-dealkylation sites (tertiary alicyclic amines) is 1. The Morgan fingerprint density at radius 3 is 2.65 bits per heavy atom. The van der Waals surface area contributed by atoms with Gasteiger partial charge in [0.25, 0.3) is 0 Å². The number of hydrogen-bond acceptors (Lipinski definition) is 5. The van der Waals surface area contributed by atoms with Crippen LogP contribution >= 0.6 is 0 Å². The van der Waals surface area contributed by atoms with Gasteiger partial charge >= 0.3 is 0 Å². The van der Waals surface area contributed by atoms with Crippen molar-refractivity contribution in [1.29, 1.82) is 0 Å². The Bertz CT molecular complexity index is 420. The molecular formula is C15H24N2O3. The fourth-order valence-electron chi connectivity index (χ4n) is 2.50. The predicted octanol–water partition coefficient (Wildman–Crippen LogP) is 1.57. The number of nitrogens with zero attached hydrogens (tertiary/aromatic N) is 1. The van der Waals surface area contributed by atoms with Crippen molar-refractivity contribution in [3.8, 4) is 11.5 Å². The van der Waals surface area contributed by atoms with Crippen LogP contribution in [0.4, 0.5) is 5.69 Å². The van der Waals surface area contributed by atoms with E-state index in [0.717, 1.165) is 36.8 Å². The monoisotopic (exact) mass is 280 g/mol. The molecule has 2 rings (SSSR count). The summed E-state index contributed by atoms with van der Waals surface area (Å²) in [6, 6.07) is 5.60. The minimum atomic E-state index is -0.375. The van der Waals surface area contributed by atoms with E-state index in [-0.39, 0.29) is 6.10 Å². The first-order chi connectivity index (χ1) is 9.72. The summed E-state index contributed by atoms with van der Waals surface area (Å²) in [5.41, 5.74) is 0.869. The first kappa shape index (κ1) is 14.9. The summed E-state index contributed by atoms with van der Waals surface area (Å²) in [5.74, 6) is 1.47. The average molecular weight is 280 g/mol. The molecule has 5 nitrogen and oxygen atoms in total. The van der Waals surface area contributed by atoms with Crippen LogP contribution in [0.2, 0.25) is 0 Å². The summed E-state index contributed by atoms with van der Waals surface area (Å²) < 4.78 is 10.5. The third-order valence-electron chi connectivity index (χ3n) is 3.60. The van der Waals surface area contributed by atoms with Crippen LogP contribution in [0.3, 0.4) is 0 Å². The molecule has 2 N–H and O–H groups in total. The molecule has 0 aromatic heterocycles. The molecule has 1 aromatic carbocycles. The lowest BCUT2D eigenvalue weighted by molar-refractivity contribution is 0.135. The molecule has 1 aliphatic heterocycles. The summed E-state index contributed by atoms with van der Waals surface area (Å²) in [6.07, 6.45) is 2.11. The van der Waals surface area contributed by atoms with Crippen LogP contribution < -0.4 is 14.8 Å². The molecule has 0 aliphatic carbocycles. The van der Waals surface area contributed by atoms with Crippen molar-refractivity contribution in [1.82, 2.24) is 4.90 Å². The van der Waals surface area contributed by atoms with Crippen molar-refractivity contribution in [2.24, 2.45) is 0 Å². The molecule has 1 fully saturated rings. The van der Waals surface area contributed by atoms with Crippen LogP contribution in [-0.2, 0) is 0 Å². The third-order valence-corrected chi connectivity index (χ3v) is 3.60. The van der Waals surface area contributed by atoms with Crippen molar-refractivity contribution in [3.63, 3.8) is 0 Å². The topological polar surface area (TPSA) is 54.0 Å². The Labute approximate surface area is 120 Å². The van der Waals surface area contributed by atoms with Gasteiger partial charge in [0.15, 0.2) is 0 Å². The molecule has 1 aromatic rings. The van der Waals surface area contributed by atoms with Crippen molar-refractivity contribution in [2.75, 3.05) is 45.7 Å². The SMILES string of the molecule is COc1ccc(NCC(O)CN2CCCC2)c(OC)c1. The molecule has 1 aliphatic rings. The molecule has 0 spiro atoms. The van der Waals surface area contributed by atoms with Gasteiger partial charge in [0.1, 0.15) is 11.5 Å². The number of methoxy groups -OCH3 is 2. The minimum Gasteiger partial charge on any atom is -0.497 e. The Morgan fingerprint density at radius 1 is 1.25 bits per heavy atom. The number of hydrogen-bond donors (Lipinski definition) is 2. The Morgan fingerprint density at radius 2 is 2.00 bits per heavy atom. The van der Waals surface area contributed by atoms with Crippen molar-refractivity contribution in [3.05, 3.63) is 18.2 Å². The molecule has 5 heteroatoms. The van der Waals surface area contributed by atoms with Gasteiger partial charge in [-0.25, -0.2) is 0 Å². The predicted molar refractivity (Wildman–Crippen MR) is 79.7 cm³/mol. The average Bonchev–Trinajstić information content (AvgIpc) is 2.97. The number of β-amino-alcohol motifs (C(OH)–C–C–N with tert-alkyl or cyclic N) is 1. The second kappa shape index (κ2) is 7.36. The number of rotatable bonds is 7. The first-order valence-electron chi connectivity index (χ1n) is 7.09. The Hall–Kier alpha value is -1.46. The Kier molecular flexibility index (Phi) is 5.49. The summed E-state index contributed by atoms with van der Waals surface area (Å²) in [5, 5.41) is 13.3. The van der Waals surface area contributed by atoms with Gasteiger partial charge in [0.05, 0.1) is 26.0 Å². The van der Waals surface area contributed by atoms with E-state index in [1.807, 2.05) is 18.2 Å². The zero-order valence-corrected chi connectivity index (χ0v) is 12.3. The zero-order chi connectivity index (χ0) is 14.4. The second-order valence-corrected chi connectivity index (χ2v) is 5.11. The highest BCUT2D eigenvalue weighted by atomic mass is 16.5. The number of ether oxygens (including phenoxy) is 2. The molecule has 20 heavy (non-hydrogen) atoms. The summed E-state index contributed by atoms with van der Waals surface area (Å²) in [6.45, 7) is 3.44. The van der Waals surface area contributed by atoms with Crippen LogP contribution in [0.25, 0.3) is 0 Å². The lowest BCUT2D eigenvalue weighted by atomic mass is 10.2. The summed E-state index contributed by atoms with van der Waals surface area (Å²) >= 11 is 0. The van der Waals surface area contributed by atoms with Crippen LogP contribution in [0, 0.1) is 0 Å². The van der Waals surface area contributed by atoms with Crippen LogP contribution in [0.1, 0.15) is 12.8 Å². The van der Waals surface area contributed by atoms with Gasteiger partial charge in [-0.2, -0.15) is 0 Å².